The monoisotopic (exact) mass is 296 g/mol. The van der Waals surface area contributed by atoms with Gasteiger partial charge in [-0.2, -0.15) is 0 Å². The lowest BCUT2D eigenvalue weighted by molar-refractivity contribution is 0.228. The molecule has 0 bridgehead atoms. The molecule has 2 N–H and O–H groups in total. The van der Waals surface area contributed by atoms with Crippen LogP contribution in [0, 0.1) is 11.7 Å². The highest BCUT2D eigenvalue weighted by molar-refractivity contribution is 5.45. The smallest absolute Gasteiger partial charge is 0.164 e. The summed E-state index contributed by atoms with van der Waals surface area (Å²) in [6.45, 7) is 5.34. The van der Waals surface area contributed by atoms with Gasteiger partial charge < -0.3 is 15.2 Å². The fraction of sp³-hybridized carbons (Fsp3) is 0.625. The normalized spacial score (nSPS) is 22.8. The highest BCUT2D eigenvalue weighted by Crippen LogP contribution is 2.39. The lowest BCUT2D eigenvalue weighted by atomic mass is 9.99. The van der Waals surface area contributed by atoms with Crippen molar-refractivity contribution >= 4 is 0 Å². The molecule has 2 unspecified atom stereocenters. The van der Waals surface area contributed by atoms with Crippen LogP contribution in [0.3, 0.4) is 0 Å². The first-order valence-electron chi connectivity index (χ1n) is 7.40. The van der Waals surface area contributed by atoms with Crippen molar-refractivity contribution in [1.82, 2.24) is 4.90 Å². The number of hydrogen-bond acceptors (Lipinski definition) is 4. The van der Waals surface area contributed by atoms with Crippen LogP contribution < -0.4 is 15.2 Å². The van der Waals surface area contributed by atoms with Crippen molar-refractivity contribution in [1.29, 1.82) is 0 Å². The fourth-order valence-electron chi connectivity index (χ4n) is 2.95. The lowest BCUT2D eigenvalue weighted by Gasteiger charge is -2.22. The summed E-state index contributed by atoms with van der Waals surface area (Å²) in [4.78, 5) is 2.15. The van der Waals surface area contributed by atoms with Gasteiger partial charge in [0.2, 0.25) is 0 Å². The van der Waals surface area contributed by atoms with Crippen LogP contribution in [-0.4, -0.2) is 38.3 Å². The van der Waals surface area contributed by atoms with Crippen LogP contribution in [0.4, 0.5) is 4.39 Å². The van der Waals surface area contributed by atoms with E-state index >= 15 is 0 Å². The largest absolute Gasteiger partial charge is 0.493 e. The van der Waals surface area contributed by atoms with Gasteiger partial charge in [-0.3, -0.25) is 4.90 Å². The van der Waals surface area contributed by atoms with Crippen molar-refractivity contribution in [2.45, 2.75) is 32.4 Å². The topological polar surface area (TPSA) is 47.7 Å². The van der Waals surface area contributed by atoms with Crippen molar-refractivity contribution in [3.63, 3.8) is 0 Å². The van der Waals surface area contributed by atoms with E-state index in [2.05, 4.69) is 4.90 Å². The molecule has 1 aliphatic heterocycles. The van der Waals surface area contributed by atoms with Crippen LogP contribution in [-0.2, 0) is 0 Å². The average molecular weight is 296 g/mol. The average Bonchev–Trinajstić information content (AvgIpc) is 2.79. The third kappa shape index (κ3) is 3.47. The van der Waals surface area contributed by atoms with Crippen LogP contribution in [0.1, 0.15) is 31.9 Å². The second-order valence-corrected chi connectivity index (χ2v) is 5.98. The first kappa shape index (κ1) is 16.0. The first-order valence-corrected chi connectivity index (χ1v) is 7.40. The van der Waals surface area contributed by atoms with Gasteiger partial charge in [-0.1, -0.05) is 0 Å². The molecular weight excluding hydrogens is 271 g/mol. The maximum Gasteiger partial charge on any atom is 0.164 e. The van der Waals surface area contributed by atoms with Gasteiger partial charge in [-0.15, -0.1) is 0 Å². The summed E-state index contributed by atoms with van der Waals surface area (Å²) in [5, 5.41) is 0. The zero-order valence-electron chi connectivity index (χ0n) is 13.2. The molecule has 1 aliphatic rings. The van der Waals surface area contributed by atoms with Crippen molar-refractivity contribution in [3.8, 4) is 11.5 Å². The predicted molar refractivity (Wildman–Crippen MR) is 81.2 cm³/mol. The van der Waals surface area contributed by atoms with E-state index in [-0.39, 0.29) is 18.0 Å². The summed E-state index contributed by atoms with van der Waals surface area (Å²) in [5.74, 6) is 1.19. The fourth-order valence-corrected chi connectivity index (χ4v) is 2.95. The molecule has 118 valence electrons. The van der Waals surface area contributed by atoms with Gasteiger partial charge in [-0.05, 0) is 45.8 Å². The lowest BCUT2D eigenvalue weighted by Crippen LogP contribution is -2.21. The Morgan fingerprint density at radius 1 is 1.38 bits per heavy atom. The highest BCUT2D eigenvalue weighted by Gasteiger charge is 2.32. The Labute approximate surface area is 126 Å². The van der Waals surface area contributed by atoms with Crippen LogP contribution in [0.15, 0.2) is 12.1 Å². The first-order chi connectivity index (χ1) is 9.96. The number of nitrogens with zero attached hydrogens (tertiary/aromatic N) is 1. The van der Waals surface area contributed by atoms with Crippen LogP contribution in [0.5, 0.6) is 11.5 Å². The number of halogens is 1. The second kappa shape index (κ2) is 6.62. The van der Waals surface area contributed by atoms with Crippen molar-refractivity contribution in [3.05, 3.63) is 23.5 Å². The van der Waals surface area contributed by atoms with E-state index in [1.54, 1.807) is 13.2 Å². The van der Waals surface area contributed by atoms with Gasteiger partial charge >= 0.3 is 0 Å². The number of rotatable bonds is 5. The van der Waals surface area contributed by atoms with Crippen LogP contribution in [0.25, 0.3) is 0 Å². The quantitative estimate of drug-likeness (QED) is 0.907. The Morgan fingerprint density at radius 3 is 2.62 bits per heavy atom. The minimum absolute atomic E-state index is 0.0278. The summed E-state index contributed by atoms with van der Waals surface area (Å²) < 4.78 is 25.4. The molecule has 2 atom stereocenters. The van der Waals surface area contributed by atoms with Crippen molar-refractivity contribution in [2.75, 3.05) is 27.2 Å². The number of methoxy groups -OCH3 is 1. The standard InChI is InChI=1S/C16H25FN2O2/c1-10(2)21-16-7-13(17)12(6-15(16)20-4)14-5-11(8-18)9-19(14)3/h6-7,10-11,14H,5,8-9,18H2,1-4H3. The molecule has 1 heterocycles. The molecule has 0 radical (unpaired) electrons. The number of hydrogen-bond donors (Lipinski definition) is 1. The van der Waals surface area contributed by atoms with E-state index in [1.165, 1.54) is 6.07 Å². The van der Waals surface area contributed by atoms with Gasteiger partial charge in [0.05, 0.1) is 13.2 Å². The Kier molecular flexibility index (Phi) is 5.06. The van der Waals surface area contributed by atoms with E-state index in [4.69, 9.17) is 15.2 Å². The zero-order valence-corrected chi connectivity index (χ0v) is 13.2. The number of nitrogens with two attached hydrogens (primary N) is 1. The summed E-state index contributed by atoms with van der Waals surface area (Å²) in [6, 6.07) is 3.23. The zero-order chi connectivity index (χ0) is 15.6. The summed E-state index contributed by atoms with van der Waals surface area (Å²) in [6.07, 6.45) is 0.845. The number of ether oxygens (including phenoxy) is 2. The molecular formula is C16H25FN2O2. The summed E-state index contributed by atoms with van der Waals surface area (Å²) >= 11 is 0. The third-order valence-electron chi connectivity index (χ3n) is 3.97. The Balaban J connectivity index is 2.32. The van der Waals surface area contributed by atoms with Crippen LogP contribution >= 0.6 is 0 Å². The van der Waals surface area contributed by atoms with Crippen LogP contribution in [0.2, 0.25) is 0 Å². The van der Waals surface area contributed by atoms with E-state index in [0.717, 1.165) is 13.0 Å². The molecule has 0 amide bonds. The molecule has 2 rings (SSSR count). The molecule has 1 saturated heterocycles. The van der Waals surface area contributed by atoms with Gasteiger partial charge in [0.1, 0.15) is 5.82 Å². The molecule has 4 nitrogen and oxygen atoms in total. The van der Waals surface area contributed by atoms with Gasteiger partial charge in [-0.25, -0.2) is 4.39 Å². The van der Waals surface area contributed by atoms with Crippen molar-refractivity contribution < 1.29 is 13.9 Å². The molecule has 0 aromatic heterocycles. The van der Waals surface area contributed by atoms with E-state index < -0.39 is 0 Å². The Morgan fingerprint density at radius 2 is 2.10 bits per heavy atom. The third-order valence-corrected chi connectivity index (χ3v) is 3.97. The minimum Gasteiger partial charge on any atom is -0.493 e. The Bertz CT molecular complexity index is 493. The van der Waals surface area contributed by atoms with E-state index in [0.29, 0.717) is 29.5 Å². The highest BCUT2D eigenvalue weighted by atomic mass is 19.1. The molecule has 0 aliphatic carbocycles. The maximum absolute atomic E-state index is 14.5. The van der Waals surface area contributed by atoms with Crippen molar-refractivity contribution in [2.24, 2.45) is 11.7 Å². The number of benzene rings is 1. The summed E-state index contributed by atoms with van der Waals surface area (Å²) in [7, 11) is 3.58. The second-order valence-electron chi connectivity index (χ2n) is 5.98. The molecule has 1 fully saturated rings. The van der Waals surface area contributed by atoms with Gasteiger partial charge in [0.15, 0.2) is 11.5 Å². The SMILES string of the molecule is COc1cc(C2CC(CN)CN2C)c(F)cc1OC(C)C. The molecule has 1 aromatic carbocycles. The number of likely N-dealkylation sites (tertiary alicyclic amines) is 1. The summed E-state index contributed by atoms with van der Waals surface area (Å²) in [5.41, 5.74) is 6.40. The van der Waals surface area contributed by atoms with E-state index in [1.807, 2.05) is 20.9 Å². The van der Waals surface area contributed by atoms with Gasteiger partial charge in [0, 0.05) is 24.2 Å². The minimum atomic E-state index is -0.249. The molecule has 5 heteroatoms. The Hall–Kier alpha value is -1.33. The van der Waals surface area contributed by atoms with E-state index in [9.17, 15) is 4.39 Å². The van der Waals surface area contributed by atoms with Gasteiger partial charge in [0.25, 0.3) is 0 Å². The molecule has 1 aromatic rings. The molecule has 0 spiro atoms. The predicted octanol–water partition coefficient (Wildman–Crippen LogP) is 2.57. The molecule has 21 heavy (non-hydrogen) atoms. The maximum atomic E-state index is 14.5. The molecule has 0 saturated carbocycles.